The van der Waals surface area contributed by atoms with Gasteiger partial charge in [-0.25, -0.2) is 13.4 Å². The fourth-order valence-corrected chi connectivity index (χ4v) is 5.09. The zero-order valence-electron chi connectivity index (χ0n) is 16.1. The fraction of sp³-hybridized carbons (Fsp3) is 0.0476. The number of aromatic nitrogens is 1. The molecular weight excluding hydrogens is 458 g/mol. The average Bonchev–Trinajstić information content (AvgIpc) is 3.15. The quantitative estimate of drug-likeness (QED) is 0.410. The molecule has 0 spiro atoms. The van der Waals surface area contributed by atoms with Gasteiger partial charge >= 0.3 is 0 Å². The van der Waals surface area contributed by atoms with Gasteiger partial charge in [-0.3, -0.25) is 14.8 Å². The summed E-state index contributed by atoms with van der Waals surface area (Å²) in [6.07, 6.45) is 0. The van der Waals surface area contributed by atoms with Crippen LogP contribution < -0.4 is 14.8 Å². The first kappa shape index (κ1) is 21.1. The maximum atomic E-state index is 12.7. The SMILES string of the molecule is COc1cc(Cl)ccc1S(=O)(=O)Nc1ccc(C(=O)Nc2nc3ccccc3s2)cc1. The first-order valence-electron chi connectivity index (χ1n) is 8.99. The van der Waals surface area contributed by atoms with E-state index < -0.39 is 10.0 Å². The predicted molar refractivity (Wildman–Crippen MR) is 123 cm³/mol. The second-order valence-corrected chi connectivity index (χ2v) is 9.54. The van der Waals surface area contributed by atoms with E-state index in [9.17, 15) is 13.2 Å². The van der Waals surface area contributed by atoms with Gasteiger partial charge in [-0.1, -0.05) is 35.1 Å². The van der Waals surface area contributed by atoms with Crippen LogP contribution in [0.3, 0.4) is 0 Å². The lowest BCUT2D eigenvalue weighted by atomic mass is 10.2. The van der Waals surface area contributed by atoms with Crippen LogP contribution >= 0.6 is 22.9 Å². The summed E-state index contributed by atoms with van der Waals surface area (Å²) in [5, 5.41) is 3.61. The van der Waals surface area contributed by atoms with Gasteiger partial charge in [0.15, 0.2) is 5.13 Å². The number of ether oxygens (including phenoxy) is 1. The highest BCUT2D eigenvalue weighted by Crippen LogP contribution is 2.29. The van der Waals surface area contributed by atoms with E-state index >= 15 is 0 Å². The molecule has 2 N–H and O–H groups in total. The van der Waals surface area contributed by atoms with Gasteiger partial charge in [-0.15, -0.1) is 0 Å². The minimum Gasteiger partial charge on any atom is -0.495 e. The van der Waals surface area contributed by atoms with E-state index in [1.165, 1.54) is 60.9 Å². The first-order valence-corrected chi connectivity index (χ1v) is 11.7. The second kappa shape index (κ2) is 8.54. The Morgan fingerprint density at radius 2 is 1.81 bits per heavy atom. The minimum absolute atomic E-state index is 0.0444. The van der Waals surface area contributed by atoms with Crippen molar-refractivity contribution in [1.82, 2.24) is 4.98 Å². The Bertz CT molecular complexity index is 1340. The number of carbonyl (C=O) groups excluding carboxylic acids is 1. The van der Waals surface area contributed by atoms with Crippen molar-refractivity contribution >= 4 is 59.9 Å². The molecule has 0 radical (unpaired) electrons. The van der Waals surface area contributed by atoms with E-state index in [0.29, 0.717) is 21.4 Å². The smallest absolute Gasteiger partial charge is 0.265 e. The number of fused-ring (bicyclic) bond motifs is 1. The van der Waals surface area contributed by atoms with Crippen LogP contribution in [0.4, 0.5) is 10.8 Å². The van der Waals surface area contributed by atoms with E-state index in [1.807, 2.05) is 24.3 Å². The molecule has 7 nitrogen and oxygen atoms in total. The molecule has 0 aliphatic carbocycles. The number of hydrogen-bond acceptors (Lipinski definition) is 6. The summed E-state index contributed by atoms with van der Waals surface area (Å²) in [6, 6.07) is 17.9. The van der Waals surface area contributed by atoms with Gasteiger partial charge in [0, 0.05) is 22.3 Å². The van der Waals surface area contributed by atoms with Gasteiger partial charge in [0.25, 0.3) is 15.9 Å². The lowest BCUT2D eigenvalue weighted by Gasteiger charge is -2.12. The molecule has 0 bridgehead atoms. The lowest BCUT2D eigenvalue weighted by molar-refractivity contribution is 0.102. The maximum absolute atomic E-state index is 12.7. The number of hydrogen-bond donors (Lipinski definition) is 2. The highest BCUT2D eigenvalue weighted by molar-refractivity contribution is 7.92. The molecular formula is C21H16ClN3O4S2. The number of benzene rings is 3. The zero-order chi connectivity index (χ0) is 22.0. The maximum Gasteiger partial charge on any atom is 0.265 e. The summed E-state index contributed by atoms with van der Waals surface area (Å²) in [4.78, 5) is 16.8. The van der Waals surface area contributed by atoms with Crippen molar-refractivity contribution in [3.05, 3.63) is 77.3 Å². The van der Waals surface area contributed by atoms with Gasteiger partial charge in [0.2, 0.25) is 0 Å². The number of carbonyl (C=O) groups is 1. The molecule has 158 valence electrons. The lowest BCUT2D eigenvalue weighted by Crippen LogP contribution is -2.15. The summed E-state index contributed by atoms with van der Waals surface area (Å²) < 4.78 is 34.0. The number of halogens is 1. The molecule has 1 amide bonds. The number of rotatable bonds is 6. The molecule has 0 fully saturated rings. The largest absolute Gasteiger partial charge is 0.495 e. The molecule has 4 rings (SSSR count). The van der Waals surface area contributed by atoms with Crippen molar-refractivity contribution < 1.29 is 17.9 Å². The Labute approximate surface area is 187 Å². The van der Waals surface area contributed by atoms with Crippen LogP contribution in [-0.2, 0) is 10.0 Å². The topological polar surface area (TPSA) is 97.4 Å². The van der Waals surface area contributed by atoms with Gasteiger partial charge in [-0.2, -0.15) is 0 Å². The van der Waals surface area contributed by atoms with Crippen molar-refractivity contribution in [2.75, 3.05) is 17.1 Å². The standard InChI is InChI=1S/C21H16ClN3O4S2/c1-29-17-12-14(22)8-11-19(17)31(27,28)25-15-9-6-13(7-10-15)20(26)24-21-23-16-4-2-3-5-18(16)30-21/h2-12,25H,1H3,(H,23,24,26). The fourth-order valence-electron chi connectivity index (χ4n) is 2.86. The van der Waals surface area contributed by atoms with Crippen LogP contribution in [0.1, 0.15) is 10.4 Å². The molecule has 31 heavy (non-hydrogen) atoms. The van der Waals surface area contributed by atoms with Crippen LogP contribution in [0.15, 0.2) is 71.6 Å². The Morgan fingerprint density at radius 1 is 1.06 bits per heavy atom. The van der Waals surface area contributed by atoms with Crippen molar-refractivity contribution in [1.29, 1.82) is 0 Å². The molecule has 0 atom stereocenters. The number of anilines is 2. The van der Waals surface area contributed by atoms with E-state index in [2.05, 4.69) is 15.0 Å². The molecule has 3 aromatic carbocycles. The Hall–Kier alpha value is -3.14. The molecule has 0 aliphatic rings. The molecule has 0 saturated heterocycles. The van der Waals surface area contributed by atoms with Gasteiger partial charge in [0.1, 0.15) is 10.6 Å². The summed E-state index contributed by atoms with van der Waals surface area (Å²) in [6.45, 7) is 0. The van der Waals surface area contributed by atoms with Gasteiger partial charge in [-0.05, 0) is 48.5 Å². The molecule has 4 aromatic rings. The third kappa shape index (κ3) is 4.63. The average molecular weight is 474 g/mol. The van der Waals surface area contributed by atoms with Crippen molar-refractivity contribution in [2.24, 2.45) is 0 Å². The summed E-state index contributed by atoms with van der Waals surface area (Å²) >= 11 is 7.27. The molecule has 0 saturated carbocycles. The zero-order valence-corrected chi connectivity index (χ0v) is 18.5. The number of methoxy groups -OCH3 is 1. The highest BCUT2D eigenvalue weighted by Gasteiger charge is 2.20. The first-order chi connectivity index (χ1) is 14.9. The third-order valence-corrected chi connectivity index (χ3v) is 6.94. The number of nitrogens with one attached hydrogen (secondary N) is 2. The molecule has 0 unspecified atom stereocenters. The normalized spacial score (nSPS) is 11.3. The summed E-state index contributed by atoms with van der Waals surface area (Å²) in [5.41, 5.74) is 1.48. The number of para-hydroxylation sites is 1. The molecule has 10 heteroatoms. The minimum atomic E-state index is -3.91. The number of sulfonamides is 1. The Morgan fingerprint density at radius 3 is 2.52 bits per heavy atom. The van der Waals surface area contributed by atoms with Crippen LogP contribution in [-0.4, -0.2) is 26.4 Å². The van der Waals surface area contributed by atoms with Gasteiger partial charge < -0.3 is 4.74 Å². The highest BCUT2D eigenvalue weighted by atomic mass is 35.5. The number of amides is 1. The van der Waals surface area contributed by atoms with Crippen LogP contribution in [0.2, 0.25) is 5.02 Å². The molecule has 0 aliphatic heterocycles. The monoisotopic (exact) mass is 473 g/mol. The van der Waals surface area contributed by atoms with Crippen LogP contribution in [0, 0.1) is 0 Å². The number of nitrogens with zero attached hydrogens (tertiary/aromatic N) is 1. The predicted octanol–water partition coefficient (Wildman–Crippen LogP) is 5.01. The van der Waals surface area contributed by atoms with Gasteiger partial charge in [0.05, 0.1) is 17.3 Å². The Kier molecular flexibility index (Phi) is 5.81. The summed E-state index contributed by atoms with van der Waals surface area (Å²) in [7, 11) is -2.55. The van der Waals surface area contributed by atoms with Crippen molar-refractivity contribution in [2.45, 2.75) is 4.90 Å². The second-order valence-electron chi connectivity index (χ2n) is 6.42. The van der Waals surface area contributed by atoms with Crippen molar-refractivity contribution in [3.63, 3.8) is 0 Å². The van der Waals surface area contributed by atoms with Crippen LogP contribution in [0.25, 0.3) is 10.2 Å². The molecule has 1 aromatic heterocycles. The number of thiazole rings is 1. The Balaban J connectivity index is 1.49. The van der Waals surface area contributed by atoms with E-state index in [-0.39, 0.29) is 16.6 Å². The third-order valence-electron chi connectivity index (χ3n) is 4.33. The van der Waals surface area contributed by atoms with Crippen molar-refractivity contribution in [3.8, 4) is 5.75 Å². The van der Waals surface area contributed by atoms with E-state index in [4.69, 9.17) is 16.3 Å². The van der Waals surface area contributed by atoms with E-state index in [0.717, 1.165) is 10.2 Å². The molecule has 1 heterocycles. The van der Waals surface area contributed by atoms with E-state index in [1.54, 1.807) is 0 Å². The summed E-state index contributed by atoms with van der Waals surface area (Å²) in [5.74, 6) is -0.209. The van der Waals surface area contributed by atoms with Crippen LogP contribution in [0.5, 0.6) is 5.75 Å².